The Balaban J connectivity index is 1.52. The van der Waals surface area contributed by atoms with Gasteiger partial charge < -0.3 is 25.8 Å². The van der Waals surface area contributed by atoms with Gasteiger partial charge in [0.15, 0.2) is 0 Å². The van der Waals surface area contributed by atoms with Crippen LogP contribution in [0.3, 0.4) is 0 Å². The fourth-order valence-electron chi connectivity index (χ4n) is 4.81. The molecule has 11 heteroatoms. The average Bonchev–Trinajstić information content (AvgIpc) is 3.39. The number of hydrogen-bond donors (Lipinski definition) is 4. The smallest absolute Gasteiger partial charge is 0.358 e. The van der Waals surface area contributed by atoms with Gasteiger partial charge in [-0.05, 0) is 68.9 Å². The third-order valence-corrected chi connectivity index (χ3v) is 7.11. The van der Waals surface area contributed by atoms with Gasteiger partial charge in [0.25, 0.3) is 17.7 Å². The molecule has 1 aromatic heterocycles. The molecule has 0 bridgehead atoms. The predicted molar refractivity (Wildman–Crippen MR) is 153 cm³/mol. The number of aromatic amines is 1. The van der Waals surface area contributed by atoms with Gasteiger partial charge in [-0.15, -0.1) is 0 Å². The fourth-order valence-corrected chi connectivity index (χ4v) is 4.81. The number of carbonyl (C=O) groups excluding carboxylic acids is 3. The van der Waals surface area contributed by atoms with E-state index in [2.05, 4.69) is 39.7 Å². The monoisotopic (exact) mass is 567 g/mol. The van der Waals surface area contributed by atoms with Gasteiger partial charge >= 0.3 is 6.18 Å². The highest BCUT2D eigenvalue weighted by Crippen LogP contribution is 2.36. The molecule has 4 rings (SSSR count). The number of rotatable bonds is 9. The third kappa shape index (κ3) is 6.51. The SMILES string of the molecule is CCN(CC)CCNC(=O)c1c(C)[nH]c(/C=C2\C(=O)Nc3cc(NC(=O)c4cccc(C(F)(F)F)c4)ccc32)c1C. The highest BCUT2D eigenvalue weighted by molar-refractivity contribution is 6.35. The largest absolute Gasteiger partial charge is 0.416 e. The number of hydrogen-bond acceptors (Lipinski definition) is 4. The summed E-state index contributed by atoms with van der Waals surface area (Å²) in [5.41, 5.74) is 3.19. The summed E-state index contributed by atoms with van der Waals surface area (Å²) in [4.78, 5) is 43.8. The first kappa shape index (κ1) is 29.6. The minimum atomic E-state index is -4.57. The number of anilines is 2. The molecule has 3 amide bonds. The van der Waals surface area contributed by atoms with Gasteiger partial charge in [-0.1, -0.05) is 26.0 Å². The highest BCUT2D eigenvalue weighted by Gasteiger charge is 2.31. The summed E-state index contributed by atoms with van der Waals surface area (Å²) in [5.74, 6) is -1.26. The molecule has 8 nitrogen and oxygen atoms in total. The maximum absolute atomic E-state index is 13.0. The van der Waals surface area contributed by atoms with E-state index in [0.717, 1.165) is 31.8 Å². The number of aromatic nitrogens is 1. The van der Waals surface area contributed by atoms with Crippen molar-refractivity contribution >= 4 is 40.7 Å². The van der Waals surface area contributed by atoms with E-state index in [0.29, 0.717) is 51.6 Å². The quantitative estimate of drug-likeness (QED) is 0.258. The molecule has 1 aliphatic heterocycles. The molecular formula is C30H32F3N5O3. The standard InChI is InChI=1S/C30H32F3N5O3/c1-5-38(6-2)13-12-34-29(41)26-17(3)24(35-18(26)4)16-23-22-11-10-21(15-25(22)37-28(23)40)36-27(39)19-8-7-9-20(14-19)30(31,32)33/h7-11,14-16,35H,5-6,12-13H2,1-4H3,(H,34,41)(H,36,39)(H,37,40)/b23-16-. The van der Waals surface area contributed by atoms with Crippen LogP contribution in [-0.4, -0.2) is 53.8 Å². The van der Waals surface area contributed by atoms with E-state index in [9.17, 15) is 27.6 Å². The minimum Gasteiger partial charge on any atom is -0.358 e. The minimum absolute atomic E-state index is 0.143. The molecule has 0 fully saturated rings. The first-order valence-electron chi connectivity index (χ1n) is 13.3. The molecule has 41 heavy (non-hydrogen) atoms. The van der Waals surface area contributed by atoms with Crippen LogP contribution in [0.2, 0.25) is 0 Å². The summed E-state index contributed by atoms with van der Waals surface area (Å²) in [6.45, 7) is 10.8. The Labute approximate surface area is 236 Å². The lowest BCUT2D eigenvalue weighted by atomic mass is 10.0. The first-order valence-corrected chi connectivity index (χ1v) is 13.3. The highest BCUT2D eigenvalue weighted by atomic mass is 19.4. The summed E-state index contributed by atoms with van der Waals surface area (Å²) in [6, 6.07) is 8.90. The van der Waals surface area contributed by atoms with Crippen molar-refractivity contribution in [1.29, 1.82) is 0 Å². The van der Waals surface area contributed by atoms with Crippen molar-refractivity contribution in [2.45, 2.75) is 33.9 Å². The summed E-state index contributed by atoms with van der Waals surface area (Å²) in [6.07, 6.45) is -2.89. The van der Waals surface area contributed by atoms with Crippen LogP contribution in [0, 0.1) is 13.8 Å². The number of halogens is 3. The first-order chi connectivity index (χ1) is 19.4. The lowest BCUT2D eigenvalue weighted by Crippen LogP contribution is -2.35. The van der Waals surface area contributed by atoms with E-state index >= 15 is 0 Å². The maximum Gasteiger partial charge on any atom is 0.416 e. The Bertz CT molecular complexity index is 1520. The van der Waals surface area contributed by atoms with Crippen LogP contribution >= 0.6 is 0 Å². The van der Waals surface area contributed by atoms with Crippen molar-refractivity contribution in [2.75, 3.05) is 36.8 Å². The van der Waals surface area contributed by atoms with Crippen LogP contribution < -0.4 is 16.0 Å². The van der Waals surface area contributed by atoms with Crippen molar-refractivity contribution in [3.05, 3.63) is 81.7 Å². The van der Waals surface area contributed by atoms with Gasteiger partial charge in [0.05, 0.1) is 22.4 Å². The summed E-state index contributed by atoms with van der Waals surface area (Å²) < 4.78 is 39.1. The van der Waals surface area contributed by atoms with E-state index in [-0.39, 0.29) is 17.4 Å². The van der Waals surface area contributed by atoms with Crippen molar-refractivity contribution in [1.82, 2.24) is 15.2 Å². The summed E-state index contributed by atoms with van der Waals surface area (Å²) in [5, 5.41) is 8.30. The van der Waals surface area contributed by atoms with Gasteiger partial charge in [-0.2, -0.15) is 13.2 Å². The Hall–Kier alpha value is -4.38. The molecule has 216 valence electrons. The topological polar surface area (TPSA) is 106 Å². The van der Waals surface area contributed by atoms with E-state index < -0.39 is 17.6 Å². The molecular weight excluding hydrogens is 535 g/mol. The number of likely N-dealkylation sites (N-methyl/N-ethyl adjacent to an activating group) is 1. The third-order valence-electron chi connectivity index (χ3n) is 7.11. The van der Waals surface area contributed by atoms with Crippen molar-refractivity contribution in [3.8, 4) is 0 Å². The molecule has 2 aromatic carbocycles. The Kier molecular flexibility index (Phi) is 8.67. The Morgan fingerprint density at radius 3 is 2.44 bits per heavy atom. The molecule has 1 aliphatic rings. The molecule has 0 saturated carbocycles. The van der Waals surface area contributed by atoms with Gasteiger partial charge in [-0.25, -0.2) is 0 Å². The van der Waals surface area contributed by atoms with Crippen LogP contribution in [0.4, 0.5) is 24.5 Å². The van der Waals surface area contributed by atoms with Crippen molar-refractivity contribution < 1.29 is 27.6 Å². The van der Waals surface area contributed by atoms with Crippen LogP contribution in [0.15, 0.2) is 42.5 Å². The van der Waals surface area contributed by atoms with Crippen LogP contribution in [-0.2, 0) is 11.0 Å². The second kappa shape index (κ2) is 12.0. The molecule has 0 spiro atoms. The second-order valence-corrected chi connectivity index (χ2v) is 9.75. The van der Waals surface area contributed by atoms with E-state index in [1.807, 2.05) is 6.92 Å². The zero-order valence-electron chi connectivity index (χ0n) is 23.3. The molecule has 0 atom stereocenters. The fraction of sp³-hybridized carbons (Fsp3) is 0.300. The number of carbonyl (C=O) groups is 3. The second-order valence-electron chi connectivity index (χ2n) is 9.75. The summed E-state index contributed by atoms with van der Waals surface area (Å²) in [7, 11) is 0. The molecule has 2 heterocycles. The molecule has 4 N–H and O–H groups in total. The van der Waals surface area contributed by atoms with Gasteiger partial charge in [0.1, 0.15) is 0 Å². The van der Waals surface area contributed by atoms with Crippen LogP contribution in [0.1, 0.15) is 62.6 Å². The van der Waals surface area contributed by atoms with Gasteiger partial charge in [0, 0.05) is 41.3 Å². The summed E-state index contributed by atoms with van der Waals surface area (Å²) >= 11 is 0. The lowest BCUT2D eigenvalue weighted by Gasteiger charge is -2.18. The van der Waals surface area contributed by atoms with E-state index in [4.69, 9.17) is 0 Å². The van der Waals surface area contributed by atoms with Gasteiger partial charge in [-0.3, -0.25) is 14.4 Å². The van der Waals surface area contributed by atoms with Crippen LogP contribution in [0.5, 0.6) is 0 Å². The predicted octanol–water partition coefficient (Wildman–Crippen LogP) is 5.47. The van der Waals surface area contributed by atoms with E-state index in [1.165, 1.54) is 12.1 Å². The number of H-pyrrole nitrogens is 1. The normalized spacial score (nSPS) is 13.9. The molecule has 0 saturated heterocycles. The number of amides is 3. The number of aryl methyl sites for hydroxylation is 1. The van der Waals surface area contributed by atoms with Crippen LogP contribution in [0.25, 0.3) is 11.6 Å². The number of alkyl halides is 3. The molecule has 0 aliphatic carbocycles. The number of nitrogens with one attached hydrogen (secondary N) is 4. The van der Waals surface area contributed by atoms with E-state index in [1.54, 1.807) is 31.2 Å². The number of benzene rings is 2. The average molecular weight is 568 g/mol. The Morgan fingerprint density at radius 1 is 1.02 bits per heavy atom. The number of nitrogens with zero attached hydrogens (tertiary/aromatic N) is 1. The number of fused-ring (bicyclic) bond motifs is 1. The lowest BCUT2D eigenvalue weighted by molar-refractivity contribution is -0.137. The van der Waals surface area contributed by atoms with Gasteiger partial charge in [0.2, 0.25) is 0 Å². The van der Waals surface area contributed by atoms with Crippen molar-refractivity contribution in [2.24, 2.45) is 0 Å². The van der Waals surface area contributed by atoms with Crippen molar-refractivity contribution in [3.63, 3.8) is 0 Å². The Morgan fingerprint density at radius 2 is 1.76 bits per heavy atom. The molecule has 3 aromatic rings. The zero-order chi connectivity index (χ0) is 29.9. The molecule has 0 radical (unpaired) electrons. The molecule has 0 unspecified atom stereocenters. The maximum atomic E-state index is 13.0. The zero-order valence-corrected chi connectivity index (χ0v) is 23.3.